The fraction of sp³-hybridized carbons (Fsp3) is 0.917. The fourth-order valence-corrected chi connectivity index (χ4v) is 2.40. The number of methoxy groups -OCH3 is 1. The molecule has 0 aromatic carbocycles. The number of thioether (sulfide) groups is 1. The molecular weight excluding hydrogens is 222 g/mol. The molecule has 1 aliphatic rings. The minimum atomic E-state index is -0.118. The molecule has 0 aliphatic heterocycles. The molecule has 16 heavy (non-hydrogen) atoms. The lowest BCUT2D eigenvalue weighted by molar-refractivity contribution is -0.182. The van der Waals surface area contributed by atoms with Gasteiger partial charge in [-0.3, -0.25) is 4.79 Å². The quantitative estimate of drug-likeness (QED) is 0.824. The first-order valence-corrected chi connectivity index (χ1v) is 6.95. The average Bonchev–Trinajstić information content (AvgIpc) is 2.26. The topological polar surface area (TPSA) is 38.3 Å². The number of nitrogens with one attached hydrogen (secondary N) is 1. The lowest BCUT2D eigenvalue weighted by atomic mass is 9.56. The summed E-state index contributed by atoms with van der Waals surface area (Å²) in [5.74, 6) is 0.128. The monoisotopic (exact) mass is 245 g/mol. The third kappa shape index (κ3) is 2.09. The highest BCUT2D eigenvalue weighted by molar-refractivity contribution is 7.99. The van der Waals surface area contributed by atoms with Crippen molar-refractivity contribution in [1.82, 2.24) is 5.32 Å². The fourth-order valence-electron chi connectivity index (χ4n) is 2.12. The molecule has 0 saturated heterocycles. The van der Waals surface area contributed by atoms with E-state index in [1.54, 1.807) is 18.9 Å². The van der Waals surface area contributed by atoms with Crippen LogP contribution in [0.1, 0.15) is 34.1 Å². The third-order valence-electron chi connectivity index (χ3n) is 4.32. The average molecular weight is 245 g/mol. The van der Waals surface area contributed by atoms with Crippen molar-refractivity contribution in [2.24, 2.45) is 5.41 Å². The van der Waals surface area contributed by atoms with E-state index in [4.69, 9.17) is 4.74 Å². The molecule has 4 heteroatoms. The zero-order chi connectivity index (χ0) is 12.6. The summed E-state index contributed by atoms with van der Waals surface area (Å²) in [4.78, 5) is 11.8. The maximum absolute atomic E-state index is 11.8. The van der Waals surface area contributed by atoms with Crippen LogP contribution in [-0.4, -0.2) is 36.2 Å². The highest BCUT2D eigenvalue weighted by atomic mass is 32.2. The normalized spacial score (nSPS) is 34.0. The van der Waals surface area contributed by atoms with E-state index in [-0.39, 0.29) is 28.2 Å². The summed E-state index contributed by atoms with van der Waals surface area (Å²) in [5.41, 5.74) is -0.122. The minimum absolute atomic E-state index is 0.00443. The van der Waals surface area contributed by atoms with Gasteiger partial charge in [-0.2, -0.15) is 11.8 Å². The molecule has 1 N–H and O–H groups in total. The molecule has 0 aromatic rings. The minimum Gasteiger partial charge on any atom is -0.378 e. The first kappa shape index (κ1) is 13.8. The van der Waals surface area contributed by atoms with E-state index in [1.165, 1.54) is 0 Å². The number of amides is 1. The van der Waals surface area contributed by atoms with E-state index in [9.17, 15) is 4.79 Å². The Kier molecular flexibility index (Phi) is 3.95. The Morgan fingerprint density at radius 2 is 2.06 bits per heavy atom. The molecule has 1 fully saturated rings. The van der Waals surface area contributed by atoms with Gasteiger partial charge in [-0.1, -0.05) is 13.8 Å². The van der Waals surface area contributed by atoms with Crippen LogP contribution in [0.4, 0.5) is 0 Å². The molecule has 1 aliphatic carbocycles. The molecule has 1 amide bonds. The number of carbonyl (C=O) groups is 1. The smallest absolute Gasteiger partial charge is 0.233 e. The van der Waals surface area contributed by atoms with Gasteiger partial charge in [-0.05, 0) is 26.5 Å². The lowest BCUT2D eigenvalue weighted by Gasteiger charge is -2.59. The number of hydrogen-bond acceptors (Lipinski definition) is 3. The molecule has 0 heterocycles. The maximum atomic E-state index is 11.8. The van der Waals surface area contributed by atoms with Crippen LogP contribution >= 0.6 is 11.8 Å². The van der Waals surface area contributed by atoms with Crippen LogP contribution in [0.15, 0.2) is 0 Å². The van der Waals surface area contributed by atoms with Gasteiger partial charge in [0.1, 0.15) is 0 Å². The van der Waals surface area contributed by atoms with Crippen LogP contribution in [0.5, 0.6) is 0 Å². The van der Waals surface area contributed by atoms with E-state index >= 15 is 0 Å². The zero-order valence-electron chi connectivity index (χ0n) is 11.1. The van der Waals surface area contributed by atoms with Crippen molar-refractivity contribution in [3.8, 4) is 0 Å². The van der Waals surface area contributed by atoms with Crippen LogP contribution in [0.25, 0.3) is 0 Å². The number of carbonyl (C=O) groups excluding carboxylic acids is 1. The Morgan fingerprint density at radius 1 is 1.50 bits per heavy atom. The summed E-state index contributed by atoms with van der Waals surface area (Å²) in [7, 11) is 1.74. The molecule has 1 saturated carbocycles. The van der Waals surface area contributed by atoms with E-state index in [0.717, 1.165) is 6.42 Å². The molecule has 0 radical (unpaired) electrons. The predicted octanol–water partition coefficient (Wildman–Crippen LogP) is 2.06. The van der Waals surface area contributed by atoms with Crippen LogP contribution in [0, 0.1) is 5.41 Å². The Balaban J connectivity index is 2.58. The van der Waals surface area contributed by atoms with Gasteiger partial charge in [0.2, 0.25) is 5.91 Å². The largest absolute Gasteiger partial charge is 0.378 e. The molecule has 3 nitrogen and oxygen atoms in total. The molecule has 0 spiro atoms. The number of rotatable bonds is 4. The Labute approximate surface area is 103 Å². The first-order chi connectivity index (χ1) is 7.28. The van der Waals surface area contributed by atoms with Gasteiger partial charge in [-0.25, -0.2) is 0 Å². The van der Waals surface area contributed by atoms with Gasteiger partial charge >= 0.3 is 0 Å². The van der Waals surface area contributed by atoms with E-state index in [0.29, 0.717) is 0 Å². The highest BCUT2D eigenvalue weighted by Crippen LogP contribution is 2.51. The summed E-state index contributed by atoms with van der Waals surface area (Å²) < 4.78 is 5.53. The van der Waals surface area contributed by atoms with E-state index in [1.807, 2.05) is 13.2 Å². The standard InChI is InChI=1S/C12H23NO2S/c1-8(16-6)10(14)13-9-7-12(4,15-5)11(9,2)3/h8-9H,7H2,1-6H3,(H,13,14). The SMILES string of the molecule is COC1(C)CC(NC(=O)C(C)SC)C1(C)C. The van der Waals surface area contributed by atoms with Gasteiger partial charge < -0.3 is 10.1 Å². The van der Waals surface area contributed by atoms with Crippen molar-refractivity contribution in [3.63, 3.8) is 0 Å². The molecule has 3 unspecified atom stereocenters. The number of ether oxygens (including phenoxy) is 1. The highest BCUT2D eigenvalue weighted by Gasteiger charge is 2.58. The zero-order valence-corrected chi connectivity index (χ0v) is 11.9. The molecule has 1 rings (SSSR count). The molecule has 3 atom stereocenters. The molecule has 0 bridgehead atoms. The molecule has 94 valence electrons. The second kappa shape index (κ2) is 4.57. The second-order valence-electron chi connectivity index (χ2n) is 5.30. The Morgan fingerprint density at radius 3 is 2.44 bits per heavy atom. The maximum Gasteiger partial charge on any atom is 0.233 e. The van der Waals surface area contributed by atoms with Gasteiger partial charge in [0.25, 0.3) is 0 Å². The van der Waals surface area contributed by atoms with Crippen LogP contribution in [0.3, 0.4) is 0 Å². The summed E-state index contributed by atoms with van der Waals surface area (Å²) in [6, 6.07) is 0.222. The number of hydrogen-bond donors (Lipinski definition) is 1. The van der Waals surface area contributed by atoms with E-state index in [2.05, 4.69) is 26.1 Å². The van der Waals surface area contributed by atoms with Crippen LogP contribution in [0.2, 0.25) is 0 Å². The van der Waals surface area contributed by atoms with Crippen molar-refractivity contribution >= 4 is 17.7 Å². The predicted molar refractivity (Wildman–Crippen MR) is 68.7 cm³/mol. The summed E-state index contributed by atoms with van der Waals surface area (Å²) in [5, 5.41) is 3.13. The van der Waals surface area contributed by atoms with Crippen molar-refractivity contribution in [2.45, 2.75) is 51.0 Å². The third-order valence-corrected chi connectivity index (χ3v) is 5.24. The van der Waals surface area contributed by atoms with Gasteiger partial charge in [0.05, 0.1) is 10.9 Å². The van der Waals surface area contributed by atoms with Crippen molar-refractivity contribution < 1.29 is 9.53 Å². The van der Waals surface area contributed by atoms with Crippen molar-refractivity contribution in [1.29, 1.82) is 0 Å². The summed E-state index contributed by atoms with van der Waals surface area (Å²) in [6.07, 6.45) is 2.85. The van der Waals surface area contributed by atoms with Crippen LogP contribution in [-0.2, 0) is 9.53 Å². The Bertz CT molecular complexity index is 280. The Hall–Kier alpha value is -0.220. The van der Waals surface area contributed by atoms with Gasteiger partial charge in [-0.15, -0.1) is 0 Å². The summed E-state index contributed by atoms with van der Waals surface area (Å²) >= 11 is 1.57. The van der Waals surface area contributed by atoms with Gasteiger partial charge in [0.15, 0.2) is 0 Å². The molecule has 0 aromatic heterocycles. The van der Waals surface area contributed by atoms with Crippen molar-refractivity contribution in [2.75, 3.05) is 13.4 Å². The van der Waals surface area contributed by atoms with Crippen molar-refractivity contribution in [3.05, 3.63) is 0 Å². The molecular formula is C12H23NO2S. The lowest BCUT2D eigenvalue weighted by Crippen LogP contribution is -2.69. The summed E-state index contributed by atoms with van der Waals surface area (Å²) in [6.45, 7) is 8.33. The first-order valence-electron chi connectivity index (χ1n) is 5.67. The van der Waals surface area contributed by atoms with Gasteiger partial charge in [0, 0.05) is 18.6 Å². The van der Waals surface area contributed by atoms with E-state index < -0.39 is 0 Å². The van der Waals surface area contributed by atoms with Crippen LogP contribution < -0.4 is 5.32 Å². The second-order valence-corrected chi connectivity index (χ2v) is 6.48.